The molecule has 1 aliphatic rings. The molecule has 7 nitrogen and oxygen atoms in total. The Morgan fingerprint density at radius 1 is 0.963 bits per heavy atom. The zero-order valence-electron chi connectivity index (χ0n) is 15.2. The number of nitrogens with one attached hydrogen (secondary N) is 2. The number of carbonyl (C=O) groups is 2. The molecule has 0 aromatic heterocycles. The first-order chi connectivity index (χ1) is 13.1. The molecule has 1 atom stereocenters. The smallest absolute Gasteiger partial charge is 0.319 e. The Morgan fingerprint density at radius 2 is 1.59 bits per heavy atom. The van der Waals surface area contributed by atoms with Crippen LogP contribution in [0.25, 0.3) is 0 Å². The predicted molar refractivity (Wildman–Crippen MR) is 99.4 cm³/mol. The zero-order valence-corrected chi connectivity index (χ0v) is 15.2. The molecule has 140 valence electrons. The van der Waals surface area contributed by atoms with Crippen molar-refractivity contribution in [3.05, 3.63) is 65.4 Å². The monoisotopic (exact) mass is 368 g/mol. The molecule has 0 spiro atoms. The van der Waals surface area contributed by atoms with Crippen LogP contribution in [0, 0.1) is 0 Å². The first-order valence-electron chi connectivity index (χ1n) is 8.25. The normalized spacial score (nSPS) is 15.9. The molecule has 0 bridgehead atoms. The first kappa shape index (κ1) is 18.3. The highest BCUT2D eigenvalue weighted by Crippen LogP contribution is 2.39. The lowest BCUT2D eigenvalue weighted by molar-refractivity contribution is 0.102. The van der Waals surface area contributed by atoms with Crippen LogP contribution in [0.1, 0.15) is 22.0 Å². The molecule has 1 heterocycles. The third kappa shape index (κ3) is 3.57. The van der Waals surface area contributed by atoms with Crippen LogP contribution in [0.5, 0.6) is 17.2 Å². The van der Waals surface area contributed by atoms with Crippen molar-refractivity contribution in [3.63, 3.8) is 0 Å². The van der Waals surface area contributed by atoms with E-state index in [9.17, 15) is 9.59 Å². The lowest BCUT2D eigenvalue weighted by atomic mass is 9.91. The molecular formula is C20H20N2O5. The van der Waals surface area contributed by atoms with Crippen molar-refractivity contribution in [2.45, 2.75) is 6.04 Å². The maximum absolute atomic E-state index is 13.2. The van der Waals surface area contributed by atoms with Gasteiger partial charge in [0.25, 0.3) is 0 Å². The summed E-state index contributed by atoms with van der Waals surface area (Å²) in [6, 6.07) is 11.5. The topological polar surface area (TPSA) is 85.9 Å². The van der Waals surface area contributed by atoms with Gasteiger partial charge in [0.1, 0.15) is 0 Å². The van der Waals surface area contributed by atoms with E-state index in [4.69, 9.17) is 14.2 Å². The summed E-state index contributed by atoms with van der Waals surface area (Å²) >= 11 is 0. The van der Waals surface area contributed by atoms with Gasteiger partial charge < -0.3 is 24.8 Å². The number of benzene rings is 2. The zero-order chi connectivity index (χ0) is 19.4. The molecule has 2 aromatic carbocycles. The molecule has 0 saturated heterocycles. The second-order valence-electron chi connectivity index (χ2n) is 5.80. The average molecular weight is 368 g/mol. The minimum atomic E-state index is -0.563. The SMILES string of the molecule is COc1cc(C(=O)C2=CNC(=O)NC2c2ccccc2)cc(OC)c1OC. The molecule has 3 rings (SSSR count). The molecule has 27 heavy (non-hydrogen) atoms. The molecular weight excluding hydrogens is 348 g/mol. The van der Waals surface area contributed by atoms with Crippen LogP contribution in [-0.2, 0) is 0 Å². The number of urea groups is 1. The predicted octanol–water partition coefficient (Wildman–Crippen LogP) is 2.83. The van der Waals surface area contributed by atoms with Gasteiger partial charge in [-0.2, -0.15) is 0 Å². The molecule has 0 radical (unpaired) electrons. The number of carbonyl (C=O) groups excluding carboxylic acids is 2. The lowest BCUT2D eigenvalue weighted by Crippen LogP contribution is -2.42. The van der Waals surface area contributed by atoms with Gasteiger partial charge in [0.2, 0.25) is 5.75 Å². The van der Waals surface area contributed by atoms with Crippen molar-refractivity contribution in [2.75, 3.05) is 21.3 Å². The molecule has 0 fully saturated rings. The highest BCUT2D eigenvalue weighted by molar-refractivity contribution is 6.11. The third-order valence-electron chi connectivity index (χ3n) is 4.27. The quantitative estimate of drug-likeness (QED) is 0.766. The summed E-state index contributed by atoms with van der Waals surface area (Å²) < 4.78 is 15.9. The molecule has 1 aliphatic heterocycles. The second kappa shape index (κ2) is 7.82. The van der Waals surface area contributed by atoms with Crippen molar-refractivity contribution in [2.24, 2.45) is 0 Å². The van der Waals surface area contributed by atoms with Crippen LogP contribution in [0.2, 0.25) is 0 Å². The van der Waals surface area contributed by atoms with E-state index in [0.29, 0.717) is 28.4 Å². The largest absolute Gasteiger partial charge is 0.493 e. The summed E-state index contributed by atoms with van der Waals surface area (Å²) in [5.41, 5.74) is 1.56. The Balaban J connectivity index is 2.04. The summed E-state index contributed by atoms with van der Waals surface area (Å²) in [5, 5.41) is 5.33. The maximum atomic E-state index is 13.2. The Kier molecular flexibility index (Phi) is 5.30. The maximum Gasteiger partial charge on any atom is 0.319 e. The van der Waals surface area contributed by atoms with Crippen molar-refractivity contribution >= 4 is 11.8 Å². The van der Waals surface area contributed by atoms with Gasteiger partial charge in [-0.3, -0.25) is 4.79 Å². The first-order valence-corrected chi connectivity index (χ1v) is 8.25. The van der Waals surface area contributed by atoms with Crippen molar-refractivity contribution < 1.29 is 23.8 Å². The fraction of sp³-hybridized carbons (Fsp3) is 0.200. The van der Waals surface area contributed by atoms with Crippen LogP contribution in [-0.4, -0.2) is 33.1 Å². The fourth-order valence-corrected chi connectivity index (χ4v) is 2.96. The Bertz CT molecular complexity index is 867. The number of hydrogen-bond acceptors (Lipinski definition) is 5. The van der Waals surface area contributed by atoms with Gasteiger partial charge in [0.15, 0.2) is 17.3 Å². The number of hydrogen-bond donors (Lipinski definition) is 2. The van der Waals surface area contributed by atoms with Crippen molar-refractivity contribution in [3.8, 4) is 17.2 Å². The van der Waals surface area contributed by atoms with E-state index in [0.717, 1.165) is 5.56 Å². The third-order valence-corrected chi connectivity index (χ3v) is 4.27. The van der Waals surface area contributed by atoms with Crippen LogP contribution in [0.3, 0.4) is 0 Å². The standard InChI is InChI=1S/C20H20N2O5/c1-25-15-9-13(10-16(26-2)19(15)27-3)18(23)14-11-21-20(24)22-17(14)12-7-5-4-6-8-12/h4-11,17H,1-3H3,(H2,21,22,24). The Morgan fingerprint density at radius 3 is 2.15 bits per heavy atom. The van der Waals surface area contributed by atoms with Crippen molar-refractivity contribution in [1.29, 1.82) is 0 Å². The van der Waals surface area contributed by atoms with Crippen molar-refractivity contribution in [1.82, 2.24) is 10.6 Å². The van der Waals surface area contributed by atoms with E-state index in [1.165, 1.54) is 27.5 Å². The molecule has 7 heteroatoms. The van der Waals surface area contributed by atoms with Gasteiger partial charge in [-0.05, 0) is 17.7 Å². The van der Waals surface area contributed by atoms with E-state index in [1.807, 2.05) is 30.3 Å². The van der Waals surface area contributed by atoms with Gasteiger partial charge in [-0.15, -0.1) is 0 Å². The van der Waals surface area contributed by atoms with Gasteiger partial charge >= 0.3 is 6.03 Å². The van der Waals surface area contributed by atoms with Gasteiger partial charge in [0.05, 0.1) is 27.4 Å². The molecule has 0 aliphatic carbocycles. The van der Waals surface area contributed by atoms with Gasteiger partial charge in [-0.1, -0.05) is 30.3 Å². The van der Waals surface area contributed by atoms with E-state index < -0.39 is 6.04 Å². The molecule has 1 unspecified atom stereocenters. The van der Waals surface area contributed by atoms with E-state index >= 15 is 0 Å². The highest BCUT2D eigenvalue weighted by Gasteiger charge is 2.29. The van der Waals surface area contributed by atoms with Crippen LogP contribution in [0.4, 0.5) is 4.79 Å². The minimum absolute atomic E-state index is 0.268. The highest BCUT2D eigenvalue weighted by atomic mass is 16.5. The summed E-state index contributed by atoms with van der Waals surface area (Å²) in [6.07, 6.45) is 1.43. The van der Waals surface area contributed by atoms with Gasteiger partial charge in [0, 0.05) is 17.3 Å². The molecule has 2 aromatic rings. The van der Waals surface area contributed by atoms with Crippen LogP contribution in [0.15, 0.2) is 54.2 Å². The summed E-state index contributed by atoms with van der Waals surface area (Å²) in [7, 11) is 4.47. The van der Waals surface area contributed by atoms with Gasteiger partial charge in [-0.25, -0.2) is 4.79 Å². The summed E-state index contributed by atoms with van der Waals surface area (Å²) in [6.45, 7) is 0. The minimum Gasteiger partial charge on any atom is -0.493 e. The number of ether oxygens (including phenoxy) is 3. The van der Waals surface area contributed by atoms with Crippen LogP contribution >= 0.6 is 0 Å². The van der Waals surface area contributed by atoms with Crippen LogP contribution < -0.4 is 24.8 Å². The van der Waals surface area contributed by atoms with E-state index in [1.54, 1.807) is 12.1 Å². The molecule has 0 saturated carbocycles. The van der Waals surface area contributed by atoms with E-state index in [2.05, 4.69) is 10.6 Å². The second-order valence-corrected chi connectivity index (χ2v) is 5.80. The fourth-order valence-electron chi connectivity index (χ4n) is 2.96. The number of Topliss-reactive ketones (excluding diaryl/α,β-unsaturated/α-hetero) is 1. The van der Waals surface area contributed by atoms with E-state index in [-0.39, 0.29) is 11.8 Å². The average Bonchev–Trinajstić information content (AvgIpc) is 2.72. The number of amides is 2. The Labute approximate surface area is 156 Å². The molecule has 2 amide bonds. The number of rotatable bonds is 6. The Hall–Kier alpha value is -3.48. The molecule has 2 N–H and O–H groups in total. The number of ketones is 1. The summed E-state index contributed by atoms with van der Waals surface area (Å²) in [4.78, 5) is 25.0. The lowest BCUT2D eigenvalue weighted by Gasteiger charge is -2.26. The summed E-state index contributed by atoms with van der Waals surface area (Å²) in [5.74, 6) is 0.894. The number of methoxy groups -OCH3 is 3.